The minimum absolute atomic E-state index is 0.0349. The fraction of sp³-hybridized carbons (Fsp3) is 0.235. The molecule has 2 N–H and O–H groups in total. The zero-order valence-electron chi connectivity index (χ0n) is 11.8. The maximum absolute atomic E-state index is 11.3. The number of benzene rings is 2. The van der Waals surface area contributed by atoms with Crippen LogP contribution in [0.1, 0.15) is 34.5 Å². The minimum Gasteiger partial charge on any atom is -0.387 e. The predicted molar refractivity (Wildman–Crippen MR) is 81.1 cm³/mol. The van der Waals surface area contributed by atoms with Crippen molar-refractivity contribution in [2.75, 3.05) is 11.9 Å². The first kappa shape index (κ1) is 14.3. The number of rotatable bonds is 5. The van der Waals surface area contributed by atoms with Gasteiger partial charge in [-0.2, -0.15) is 0 Å². The highest BCUT2D eigenvalue weighted by Gasteiger charge is 2.07. The summed E-state index contributed by atoms with van der Waals surface area (Å²) < 4.78 is 0. The number of anilines is 1. The number of ketones is 1. The second-order valence-corrected chi connectivity index (χ2v) is 4.94. The van der Waals surface area contributed by atoms with Crippen molar-refractivity contribution in [1.29, 1.82) is 0 Å². The van der Waals surface area contributed by atoms with Gasteiger partial charge in [-0.15, -0.1) is 0 Å². The molecule has 0 spiro atoms. The summed E-state index contributed by atoms with van der Waals surface area (Å²) in [5.41, 5.74) is 3.55. The fourth-order valence-corrected chi connectivity index (χ4v) is 1.97. The van der Waals surface area contributed by atoms with Gasteiger partial charge in [-0.3, -0.25) is 4.79 Å². The Labute approximate surface area is 119 Å². The number of carbonyl (C=O) groups is 1. The van der Waals surface area contributed by atoms with E-state index >= 15 is 0 Å². The highest BCUT2D eigenvalue weighted by atomic mass is 16.3. The minimum atomic E-state index is -0.573. The van der Waals surface area contributed by atoms with Gasteiger partial charge in [0.05, 0.1) is 6.10 Å². The molecule has 2 rings (SSSR count). The van der Waals surface area contributed by atoms with Crippen LogP contribution in [0.3, 0.4) is 0 Å². The van der Waals surface area contributed by atoms with E-state index < -0.39 is 6.10 Å². The van der Waals surface area contributed by atoms with E-state index in [0.717, 1.165) is 11.3 Å². The number of carbonyl (C=O) groups excluding carboxylic acids is 1. The van der Waals surface area contributed by atoms with E-state index in [1.807, 2.05) is 43.3 Å². The molecule has 0 radical (unpaired) electrons. The van der Waals surface area contributed by atoms with Crippen LogP contribution in [0.4, 0.5) is 5.69 Å². The zero-order valence-corrected chi connectivity index (χ0v) is 11.8. The van der Waals surface area contributed by atoms with Crippen molar-refractivity contribution < 1.29 is 9.90 Å². The van der Waals surface area contributed by atoms with E-state index in [9.17, 15) is 9.90 Å². The van der Waals surface area contributed by atoms with Crippen LogP contribution in [-0.4, -0.2) is 17.4 Å². The first-order valence-electron chi connectivity index (χ1n) is 6.66. The zero-order chi connectivity index (χ0) is 14.5. The second kappa shape index (κ2) is 6.35. The molecule has 3 heteroatoms. The molecule has 0 aromatic heterocycles. The molecule has 104 valence electrons. The number of hydrogen-bond donors (Lipinski definition) is 2. The summed E-state index contributed by atoms with van der Waals surface area (Å²) in [6.07, 6.45) is -0.573. The highest BCUT2D eigenvalue weighted by Crippen LogP contribution is 2.16. The predicted octanol–water partition coefficient (Wildman–Crippen LogP) is 3.34. The molecule has 0 amide bonds. The largest absolute Gasteiger partial charge is 0.387 e. The average Bonchev–Trinajstić information content (AvgIpc) is 2.46. The molecule has 2 aromatic rings. The van der Waals surface area contributed by atoms with Crippen LogP contribution in [-0.2, 0) is 0 Å². The van der Waals surface area contributed by atoms with Gasteiger partial charge in [-0.1, -0.05) is 42.0 Å². The number of aliphatic hydroxyl groups excluding tert-OH is 1. The molecule has 0 saturated carbocycles. The van der Waals surface area contributed by atoms with Gasteiger partial charge < -0.3 is 10.4 Å². The van der Waals surface area contributed by atoms with E-state index in [-0.39, 0.29) is 5.78 Å². The van der Waals surface area contributed by atoms with Crippen LogP contribution in [0.5, 0.6) is 0 Å². The van der Waals surface area contributed by atoms with Gasteiger partial charge in [0.15, 0.2) is 5.78 Å². The molecule has 3 nitrogen and oxygen atoms in total. The van der Waals surface area contributed by atoms with Gasteiger partial charge in [0.2, 0.25) is 0 Å². The van der Waals surface area contributed by atoms with Crippen molar-refractivity contribution in [3.8, 4) is 0 Å². The van der Waals surface area contributed by atoms with Crippen LogP contribution in [0.2, 0.25) is 0 Å². The molecular formula is C17H19NO2. The van der Waals surface area contributed by atoms with E-state index in [2.05, 4.69) is 5.32 Å². The third-order valence-corrected chi connectivity index (χ3v) is 3.23. The van der Waals surface area contributed by atoms with Gasteiger partial charge >= 0.3 is 0 Å². The summed E-state index contributed by atoms with van der Waals surface area (Å²) in [5, 5.41) is 13.3. The smallest absolute Gasteiger partial charge is 0.159 e. The molecule has 0 aliphatic rings. The molecular weight excluding hydrogens is 250 g/mol. The fourth-order valence-electron chi connectivity index (χ4n) is 1.97. The average molecular weight is 269 g/mol. The van der Waals surface area contributed by atoms with Crippen molar-refractivity contribution in [1.82, 2.24) is 0 Å². The van der Waals surface area contributed by atoms with Gasteiger partial charge in [0.25, 0.3) is 0 Å². The molecule has 2 aromatic carbocycles. The Balaban J connectivity index is 1.99. The maximum atomic E-state index is 11.3. The highest BCUT2D eigenvalue weighted by molar-refractivity contribution is 5.94. The molecule has 0 saturated heterocycles. The summed E-state index contributed by atoms with van der Waals surface area (Å²) in [6, 6.07) is 15.1. The topological polar surface area (TPSA) is 49.3 Å². The standard InChI is InChI=1S/C17H19NO2/c1-12-6-8-14(9-7-12)17(20)11-18-16-5-3-4-15(10-16)13(2)19/h3-10,17-18,20H,11H2,1-2H3. The van der Waals surface area contributed by atoms with Gasteiger partial charge in [0.1, 0.15) is 0 Å². The number of hydrogen-bond acceptors (Lipinski definition) is 3. The van der Waals surface area contributed by atoms with Gasteiger partial charge in [0, 0.05) is 17.8 Å². The third-order valence-electron chi connectivity index (χ3n) is 3.23. The van der Waals surface area contributed by atoms with Crippen LogP contribution < -0.4 is 5.32 Å². The number of Topliss-reactive ketones (excluding diaryl/α,β-unsaturated/α-hetero) is 1. The van der Waals surface area contributed by atoms with E-state index in [1.165, 1.54) is 5.56 Å². The Morgan fingerprint density at radius 2 is 1.90 bits per heavy atom. The Hall–Kier alpha value is -2.13. The molecule has 0 fully saturated rings. The molecule has 1 atom stereocenters. The van der Waals surface area contributed by atoms with Crippen molar-refractivity contribution in [2.24, 2.45) is 0 Å². The first-order valence-corrected chi connectivity index (χ1v) is 6.66. The quantitative estimate of drug-likeness (QED) is 0.818. The van der Waals surface area contributed by atoms with E-state index in [1.54, 1.807) is 19.1 Å². The molecule has 0 aliphatic heterocycles. The monoisotopic (exact) mass is 269 g/mol. The normalized spacial score (nSPS) is 11.9. The molecule has 0 heterocycles. The molecule has 20 heavy (non-hydrogen) atoms. The maximum Gasteiger partial charge on any atom is 0.159 e. The van der Waals surface area contributed by atoms with Crippen LogP contribution >= 0.6 is 0 Å². The van der Waals surface area contributed by atoms with Crippen molar-refractivity contribution in [2.45, 2.75) is 20.0 Å². The second-order valence-electron chi connectivity index (χ2n) is 4.94. The summed E-state index contributed by atoms with van der Waals surface area (Å²) >= 11 is 0. The van der Waals surface area contributed by atoms with E-state index in [4.69, 9.17) is 0 Å². The first-order chi connectivity index (χ1) is 9.56. The Morgan fingerprint density at radius 1 is 1.20 bits per heavy atom. The lowest BCUT2D eigenvalue weighted by Crippen LogP contribution is -2.12. The Morgan fingerprint density at radius 3 is 2.55 bits per heavy atom. The lowest BCUT2D eigenvalue weighted by molar-refractivity contribution is 0.101. The Bertz CT molecular complexity index is 590. The number of aryl methyl sites for hydroxylation is 1. The third kappa shape index (κ3) is 3.68. The molecule has 0 bridgehead atoms. The lowest BCUT2D eigenvalue weighted by atomic mass is 10.1. The van der Waals surface area contributed by atoms with E-state index in [0.29, 0.717) is 12.1 Å². The Kier molecular flexibility index (Phi) is 4.53. The van der Waals surface area contributed by atoms with Crippen LogP contribution in [0.15, 0.2) is 48.5 Å². The summed E-state index contributed by atoms with van der Waals surface area (Å²) in [5.74, 6) is 0.0349. The molecule has 1 unspecified atom stereocenters. The lowest BCUT2D eigenvalue weighted by Gasteiger charge is -2.14. The molecule has 0 aliphatic carbocycles. The van der Waals surface area contributed by atoms with Crippen LogP contribution in [0, 0.1) is 6.92 Å². The van der Waals surface area contributed by atoms with Crippen molar-refractivity contribution >= 4 is 11.5 Å². The summed E-state index contributed by atoms with van der Waals surface area (Å²) in [7, 11) is 0. The summed E-state index contributed by atoms with van der Waals surface area (Å²) in [4.78, 5) is 11.3. The van der Waals surface area contributed by atoms with Gasteiger partial charge in [-0.05, 0) is 31.5 Å². The van der Waals surface area contributed by atoms with Crippen LogP contribution in [0.25, 0.3) is 0 Å². The van der Waals surface area contributed by atoms with Crippen molar-refractivity contribution in [3.63, 3.8) is 0 Å². The number of nitrogens with one attached hydrogen (secondary N) is 1. The van der Waals surface area contributed by atoms with Gasteiger partial charge in [-0.25, -0.2) is 0 Å². The SMILES string of the molecule is CC(=O)c1cccc(NCC(O)c2ccc(C)cc2)c1. The number of aliphatic hydroxyl groups is 1. The summed E-state index contributed by atoms with van der Waals surface area (Å²) in [6.45, 7) is 3.96. The van der Waals surface area contributed by atoms with Crippen molar-refractivity contribution in [3.05, 3.63) is 65.2 Å².